The number of hydrogen-bond acceptors (Lipinski definition) is 6. The standard InChI is InChI=1S/C23H24IN5O3/c24-12-9-20(25)23(31)27-19-7-8-21(26-15-19)29-13-10-17(11-14-29)2-1-16-3-5-18(6-4-16)22(30)28-32/h3-9,12,15,17,25H,1-2,10-11,13-14H2,(H,27,31)/b12-9-,25-20?. The Labute approximate surface area is 200 Å². The maximum absolute atomic E-state index is 11.9. The van der Waals surface area contributed by atoms with Crippen LogP contribution in [0.2, 0.25) is 0 Å². The van der Waals surface area contributed by atoms with E-state index in [0.29, 0.717) is 17.2 Å². The van der Waals surface area contributed by atoms with Gasteiger partial charge in [-0.15, -0.1) is 4.91 Å². The molecule has 0 spiro atoms. The molecule has 0 atom stereocenters. The van der Waals surface area contributed by atoms with Crippen molar-refractivity contribution in [1.82, 2.24) is 4.98 Å². The second-order valence-electron chi connectivity index (χ2n) is 7.63. The van der Waals surface area contributed by atoms with Gasteiger partial charge in [0.25, 0.3) is 5.91 Å². The van der Waals surface area contributed by atoms with E-state index < -0.39 is 11.8 Å². The van der Waals surface area contributed by atoms with E-state index in [4.69, 9.17) is 5.41 Å². The second-order valence-corrected chi connectivity index (χ2v) is 8.35. The van der Waals surface area contributed by atoms with Crippen LogP contribution in [0.15, 0.2) is 57.9 Å². The molecule has 1 aliphatic heterocycles. The number of pyridine rings is 1. The quantitative estimate of drug-likeness (QED) is 0.283. The Hall–Kier alpha value is -2.95. The van der Waals surface area contributed by atoms with Crippen LogP contribution in [0, 0.1) is 16.2 Å². The minimum atomic E-state index is -0.735. The van der Waals surface area contributed by atoms with Crippen molar-refractivity contribution in [2.24, 2.45) is 11.1 Å². The van der Waals surface area contributed by atoms with Gasteiger partial charge in [0.05, 0.1) is 11.9 Å². The summed E-state index contributed by atoms with van der Waals surface area (Å²) in [4.78, 5) is 40.2. The lowest BCUT2D eigenvalue weighted by Crippen LogP contribution is -2.34. The summed E-state index contributed by atoms with van der Waals surface area (Å²) >= 11 is 1.97. The Morgan fingerprint density at radius 3 is 2.50 bits per heavy atom. The molecule has 2 aromatic rings. The highest BCUT2D eigenvalue weighted by Crippen LogP contribution is 2.26. The van der Waals surface area contributed by atoms with Gasteiger partial charge in [-0.1, -0.05) is 34.7 Å². The highest BCUT2D eigenvalue weighted by Gasteiger charge is 2.20. The van der Waals surface area contributed by atoms with Gasteiger partial charge in [0.1, 0.15) is 11.5 Å². The van der Waals surface area contributed by atoms with Crippen molar-refractivity contribution >= 4 is 51.6 Å². The molecule has 1 aromatic heterocycles. The first kappa shape index (κ1) is 23.7. The smallest absolute Gasteiger partial charge is 0.316 e. The summed E-state index contributed by atoms with van der Waals surface area (Å²) < 4.78 is 1.62. The molecule has 8 nitrogen and oxygen atoms in total. The summed E-state index contributed by atoms with van der Waals surface area (Å²) in [7, 11) is 0. The Morgan fingerprint density at radius 2 is 1.91 bits per heavy atom. The average Bonchev–Trinajstić information content (AvgIpc) is 2.83. The lowest BCUT2D eigenvalue weighted by atomic mass is 9.90. The van der Waals surface area contributed by atoms with Gasteiger partial charge in [0, 0.05) is 23.8 Å². The molecule has 1 fully saturated rings. The van der Waals surface area contributed by atoms with Crippen LogP contribution in [0.3, 0.4) is 0 Å². The highest BCUT2D eigenvalue weighted by molar-refractivity contribution is 14.1. The van der Waals surface area contributed by atoms with Crippen molar-refractivity contribution in [3.05, 3.63) is 68.8 Å². The molecule has 3 rings (SSSR count). The van der Waals surface area contributed by atoms with Crippen molar-refractivity contribution < 1.29 is 9.59 Å². The number of anilines is 2. The zero-order valence-electron chi connectivity index (χ0n) is 17.5. The molecular formula is C23H24IN5O3. The summed E-state index contributed by atoms with van der Waals surface area (Å²) in [6.07, 6.45) is 7.21. The number of carbonyl (C=O) groups excluding carboxylic acids is 2. The van der Waals surface area contributed by atoms with E-state index in [1.54, 1.807) is 22.4 Å². The summed E-state index contributed by atoms with van der Waals surface area (Å²) in [6.45, 7) is 1.85. The highest BCUT2D eigenvalue weighted by atomic mass is 127. The summed E-state index contributed by atoms with van der Waals surface area (Å²) in [5.74, 6) is 0.308. The van der Waals surface area contributed by atoms with Crippen LogP contribution in [0.5, 0.6) is 0 Å². The summed E-state index contributed by atoms with van der Waals surface area (Å²) in [5.41, 5.74) is 1.94. The van der Waals surface area contributed by atoms with Crippen LogP contribution in [-0.2, 0) is 11.2 Å². The molecular weight excluding hydrogens is 521 g/mol. The fraction of sp³-hybridized carbons (Fsp3) is 0.304. The lowest BCUT2D eigenvalue weighted by Gasteiger charge is -2.33. The van der Waals surface area contributed by atoms with E-state index in [1.807, 2.05) is 46.9 Å². The fourth-order valence-corrected chi connectivity index (χ4v) is 4.03. The van der Waals surface area contributed by atoms with Gasteiger partial charge in [-0.2, -0.15) is 0 Å². The van der Waals surface area contributed by atoms with E-state index in [9.17, 15) is 14.5 Å². The van der Waals surface area contributed by atoms with E-state index in [-0.39, 0.29) is 5.71 Å². The Balaban J connectivity index is 1.45. The number of rotatable bonds is 8. The van der Waals surface area contributed by atoms with E-state index in [1.165, 1.54) is 6.08 Å². The number of piperidine rings is 1. The third kappa shape index (κ3) is 6.52. The zero-order chi connectivity index (χ0) is 22.9. The predicted molar refractivity (Wildman–Crippen MR) is 134 cm³/mol. The van der Waals surface area contributed by atoms with Crippen LogP contribution >= 0.6 is 22.6 Å². The number of aromatic nitrogens is 1. The number of nitroso groups, excluding NO2 is 1. The van der Waals surface area contributed by atoms with Gasteiger partial charge >= 0.3 is 5.91 Å². The number of aryl methyl sites for hydroxylation is 1. The van der Waals surface area contributed by atoms with Crippen LogP contribution in [-0.4, -0.2) is 35.6 Å². The summed E-state index contributed by atoms with van der Waals surface area (Å²) in [6, 6.07) is 10.8. The van der Waals surface area contributed by atoms with Gasteiger partial charge in [0.2, 0.25) is 0 Å². The van der Waals surface area contributed by atoms with Gasteiger partial charge in [-0.25, -0.2) is 4.98 Å². The first-order valence-electron chi connectivity index (χ1n) is 10.3. The number of nitrogens with zero attached hydrogens (tertiary/aromatic N) is 3. The third-order valence-electron chi connectivity index (χ3n) is 5.54. The predicted octanol–water partition coefficient (Wildman–Crippen LogP) is 4.74. The zero-order valence-corrected chi connectivity index (χ0v) is 19.6. The maximum atomic E-state index is 11.9. The van der Waals surface area contributed by atoms with Gasteiger partial charge in [-0.05, 0) is 71.6 Å². The number of carbonyl (C=O) groups is 2. The monoisotopic (exact) mass is 545 g/mol. The van der Waals surface area contributed by atoms with E-state index in [2.05, 4.69) is 20.4 Å². The molecule has 1 aliphatic rings. The number of hydrogen-bond donors (Lipinski definition) is 2. The van der Waals surface area contributed by atoms with Gasteiger partial charge in [0.15, 0.2) is 0 Å². The molecule has 2 amide bonds. The lowest BCUT2D eigenvalue weighted by molar-refractivity contribution is -0.110. The first-order chi connectivity index (χ1) is 15.5. The minimum absolute atomic E-state index is 0.104. The third-order valence-corrected chi connectivity index (χ3v) is 5.90. The fourth-order valence-electron chi connectivity index (χ4n) is 3.67. The number of nitrogens with one attached hydrogen (secondary N) is 2. The van der Waals surface area contributed by atoms with Crippen LogP contribution < -0.4 is 10.2 Å². The molecule has 9 heteroatoms. The van der Waals surface area contributed by atoms with Crippen LogP contribution in [0.4, 0.5) is 11.5 Å². The number of halogens is 1. The normalized spacial score (nSPS) is 14.3. The van der Waals surface area contributed by atoms with Crippen LogP contribution in [0.25, 0.3) is 0 Å². The summed E-state index contributed by atoms with van der Waals surface area (Å²) in [5, 5.41) is 12.7. The second kappa shape index (κ2) is 11.6. The van der Waals surface area contributed by atoms with E-state index >= 15 is 0 Å². The number of amides is 2. The maximum Gasteiger partial charge on any atom is 0.316 e. The molecule has 0 unspecified atom stereocenters. The van der Waals surface area contributed by atoms with Gasteiger partial charge in [-0.3, -0.25) is 15.0 Å². The minimum Gasteiger partial charge on any atom is -0.357 e. The molecule has 1 saturated heterocycles. The number of benzene rings is 1. The van der Waals surface area contributed by atoms with Crippen molar-refractivity contribution in [3.8, 4) is 0 Å². The first-order valence-corrected chi connectivity index (χ1v) is 11.6. The van der Waals surface area contributed by atoms with Crippen molar-refractivity contribution in [2.75, 3.05) is 23.3 Å². The van der Waals surface area contributed by atoms with Gasteiger partial charge < -0.3 is 10.2 Å². The average molecular weight is 545 g/mol. The van der Waals surface area contributed by atoms with Crippen LogP contribution in [0.1, 0.15) is 35.2 Å². The molecule has 0 saturated carbocycles. The van der Waals surface area contributed by atoms with Crippen molar-refractivity contribution in [2.45, 2.75) is 25.7 Å². The molecule has 0 bridgehead atoms. The molecule has 0 aliphatic carbocycles. The molecule has 2 heterocycles. The Kier molecular flexibility index (Phi) is 8.60. The molecule has 1 aromatic carbocycles. The van der Waals surface area contributed by atoms with Crippen molar-refractivity contribution in [3.63, 3.8) is 0 Å². The van der Waals surface area contributed by atoms with Crippen molar-refractivity contribution in [1.29, 1.82) is 5.41 Å². The largest absolute Gasteiger partial charge is 0.357 e. The SMILES string of the molecule is N=C(/C=C\I)C(=O)Nc1ccc(N2CCC(CCc3ccc(C(=O)N=O)cc3)CC2)nc1. The molecule has 166 valence electrons. The topological polar surface area (TPSA) is 116 Å². The molecule has 0 radical (unpaired) electrons. The Morgan fingerprint density at radius 1 is 1.19 bits per heavy atom. The van der Waals surface area contributed by atoms with E-state index in [0.717, 1.165) is 50.2 Å². The Bertz CT molecular complexity index is 997. The molecule has 2 N–H and O–H groups in total. The molecule has 32 heavy (non-hydrogen) atoms.